The third kappa shape index (κ3) is 3.36. The van der Waals surface area contributed by atoms with Crippen molar-refractivity contribution in [1.82, 2.24) is 9.38 Å². The van der Waals surface area contributed by atoms with E-state index in [0.717, 1.165) is 0 Å². The lowest BCUT2D eigenvalue weighted by molar-refractivity contribution is -0.139. The van der Waals surface area contributed by atoms with Crippen LogP contribution in [0.25, 0.3) is 5.65 Å². The zero-order valence-corrected chi connectivity index (χ0v) is 9.65. The molecule has 0 aromatic carbocycles. The van der Waals surface area contributed by atoms with E-state index >= 15 is 0 Å². The summed E-state index contributed by atoms with van der Waals surface area (Å²) < 4.78 is 42.3. The summed E-state index contributed by atoms with van der Waals surface area (Å²) in [5, 5.41) is 0. The zero-order chi connectivity index (χ0) is 14.0. The normalized spacial score (nSPS) is 11.7. The molecule has 0 fully saturated rings. The Morgan fingerprint density at radius 1 is 1.37 bits per heavy atom. The van der Waals surface area contributed by atoms with Gasteiger partial charge >= 0.3 is 6.18 Å². The van der Waals surface area contributed by atoms with Crippen molar-refractivity contribution in [3.05, 3.63) is 30.2 Å². The van der Waals surface area contributed by atoms with E-state index in [-0.39, 0.29) is 11.4 Å². The van der Waals surface area contributed by atoms with Gasteiger partial charge in [-0.05, 0) is 12.1 Å². The maximum Gasteiger partial charge on any atom is 0.392 e. The summed E-state index contributed by atoms with van der Waals surface area (Å²) in [6, 6.07) is 3.00. The number of rotatable bonds is 4. The number of halogens is 3. The van der Waals surface area contributed by atoms with E-state index in [1.165, 1.54) is 28.9 Å². The molecule has 0 atom stereocenters. The van der Waals surface area contributed by atoms with Gasteiger partial charge in [0.2, 0.25) is 0 Å². The zero-order valence-electron chi connectivity index (χ0n) is 9.65. The Morgan fingerprint density at radius 2 is 2.11 bits per heavy atom. The molecule has 5 nitrogen and oxygen atoms in total. The average molecular weight is 273 g/mol. The molecule has 2 heterocycles. The Hall–Kier alpha value is -2.25. The number of nitrogens with zero attached hydrogens (tertiary/aromatic N) is 2. The van der Waals surface area contributed by atoms with Crippen molar-refractivity contribution < 1.29 is 22.7 Å². The van der Waals surface area contributed by atoms with Crippen molar-refractivity contribution in [2.45, 2.75) is 12.6 Å². The molecule has 2 aromatic heterocycles. The molecule has 0 aliphatic heterocycles. The van der Waals surface area contributed by atoms with Crippen LogP contribution >= 0.6 is 0 Å². The third-order valence-electron chi connectivity index (χ3n) is 2.33. The average Bonchev–Trinajstić information content (AvgIpc) is 2.70. The van der Waals surface area contributed by atoms with E-state index in [4.69, 9.17) is 10.5 Å². The topological polar surface area (TPSA) is 69.6 Å². The fraction of sp³-hybridized carbons (Fsp3) is 0.273. The maximum absolute atomic E-state index is 12.0. The highest BCUT2D eigenvalue weighted by atomic mass is 19.4. The monoisotopic (exact) mass is 273 g/mol. The number of carbonyl (C=O) groups excluding carboxylic acids is 1. The number of hydrogen-bond donors (Lipinski definition) is 1. The van der Waals surface area contributed by atoms with Crippen LogP contribution in [0.3, 0.4) is 0 Å². The summed E-state index contributed by atoms with van der Waals surface area (Å²) >= 11 is 0. The Morgan fingerprint density at radius 3 is 2.74 bits per heavy atom. The smallest absolute Gasteiger partial charge is 0.392 e. The summed E-state index contributed by atoms with van der Waals surface area (Å²) in [6.07, 6.45) is -2.46. The van der Waals surface area contributed by atoms with E-state index in [9.17, 15) is 18.0 Å². The van der Waals surface area contributed by atoms with Crippen molar-refractivity contribution in [1.29, 1.82) is 0 Å². The van der Waals surface area contributed by atoms with Gasteiger partial charge in [-0.3, -0.25) is 4.79 Å². The van der Waals surface area contributed by atoms with Gasteiger partial charge in [-0.2, -0.15) is 13.2 Å². The SMILES string of the molecule is NC(=O)c1cn2cc(OCCC(F)(F)F)ccc2n1. The van der Waals surface area contributed by atoms with Gasteiger partial charge in [-0.15, -0.1) is 0 Å². The number of pyridine rings is 1. The summed E-state index contributed by atoms with van der Waals surface area (Å²) in [5.41, 5.74) is 5.60. The number of ether oxygens (including phenoxy) is 1. The van der Waals surface area contributed by atoms with E-state index in [1.54, 1.807) is 0 Å². The van der Waals surface area contributed by atoms with Crippen LogP contribution in [0.2, 0.25) is 0 Å². The molecule has 2 N–H and O–H groups in total. The van der Waals surface area contributed by atoms with Crippen LogP contribution in [0.4, 0.5) is 13.2 Å². The number of carbonyl (C=O) groups is 1. The van der Waals surface area contributed by atoms with Gasteiger partial charge in [0.25, 0.3) is 5.91 Å². The van der Waals surface area contributed by atoms with Gasteiger partial charge < -0.3 is 14.9 Å². The summed E-state index contributed by atoms with van der Waals surface area (Å²) in [4.78, 5) is 14.9. The highest BCUT2D eigenvalue weighted by Gasteiger charge is 2.26. The Kier molecular flexibility index (Phi) is 3.32. The number of aromatic nitrogens is 2. The first kappa shape index (κ1) is 13.2. The molecule has 1 amide bonds. The van der Waals surface area contributed by atoms with E-state index in [1.807, 2.05) is 0 Å². The number of nitrogens with two attached hydrogens (primary N) is 1. The second kappa shape index (κ2) is 4.79. The number of fused-ring (bicyclic) bond motifs is 1. The second-order valence-corrected chi connectivity index (χ2v) is 3.83. The van der Waals surface area contributed by atoms with Crippen LogP contribution in [0.5, 0.6) is 5.75 Å². The molecule has 102 valence electrons. The van der Waals surface area contributed by atoms with Crippen LogP contribution in [0, 0.1) is 0 Å². The number of amides is 1. The minimum atomic E-state index is -4.25. The summed E-state index contributed by atoms with van der Waals surface area (Å²) in [7, 11) is 0. The van der Waals surface area contributed by atoms with Gasteiger partial charge in [-0.1, -0.05) is 0 Å². The number of hydrogen-bond acceptors (Lipinski definition) is 3. The van der Waals surface area contributed by atoms with Crippen molar-refractivity contribution in [3.8, 4) is 5.75 Å². The first-order chi connectivity index (χ1) is 8.85. The Labute approximate surface area is 105 Å². The maximum atomic E-state index is 12.0. The fourth-order valence-corrected chi connectivity index (χ4v) is 1.46. The molecule has 2 rings (SSSR count). The van der Waals surface area contributed by atoms with Crippen molar-refractivity contribution in [3.63, 3.8) is 0 Å². The summed E-state index contributed by atoms with van der Waals surface area (Å²) in [6.45, 7) is -0.466. The van der Waals surface area contributed by atoms with Crippen molar-refractivity contribution in [2.24, 2.45) is 5.73 Å². The molecule has 2 aromatic rings. The lowest BCUT2D eigenvalue weighted by Crippen LogP contribution is -2.13. The van der Waals surface area contributed by atoms with Crippen LogP contribution in [-0.2, 0) is 0 Å². The first-order valence-electron chi connectivity index (χ1n) is 5.33. The molecule has 0 saturated carbocycles. The lowest BCUT2D eigenvalue weighted by Gasteiger charge is -2.08. The molecule has 8 heteroatoms. The van der Waals surface area contributed by atoms with Crippen molar-refractivity contribution >= 4 is 11.6 Å². The van der Waals surface area contributed by atoms with Crippen LogP contribution < -0.4 is 10.5 Å². The second-order valence-electron chi connectivity index (χ2n) is 3.83. The molecule has 0 aliphatic carbocycles. The lowest BCUT2D eigenvalue weighted by atomic mass is 10.4. The molecule has 0 aliphatic rings. The van der Waals surface area contributed by atoms with Crippen LogP contribution in [0.15, 0.2) is 24.5 Å². The summed E-state index contributed by atoms with van der Waals surface area (Å²) in [5.74, 6) is -0.423. The van der Waals surface area contributed by atoms with Gasteiger partial charge in [0.05, 0.1) is 19.2 Å². The molecule has 0 spiro atoms. The molecular weight excluding hydrogens is 263 g/mol. The highest BCUT2D eigenvalue weighted by molar-refractivity contribution is 5.91. The quantitative estimate of drug-likeness (QED) is 0.922. The predicted octanol–water partition coefficient (Wildman–Crippen LogP) is 1.76. The molecule has 19 heavy (non-hydrogen) atoms. The molecular formula is C11H10F3N3O2. The Bertz CT molecular complexity index is 607. The molecule has 0 bridgehead atoms. The highest BCUT2D eigenvalue weighted by Crippen LogP contribution is 2.20. The number of alkyl halides is 3. The van der Waals surface area contributed by atoms with E-state index in [2.05, 4.69) is 4.98 Å². The third-order valence-corrected chi connectivity index (χ3v) is 2.33. The van der Waals surface area contributed by atoms with Crippen LogP contribution in [0.1, 0.15) is 16.9 Å². The molecule has 0 radical (unpaired) electrons. The van der Waals surface area contributed by atoms with Crippen LogP contribution in [-0.4, -0.2) is 28.1 Å². The number of imidazole rings is 1. The minimum absolute atomic E-state index is 0.0763. The van der Waals surface area contributed by atoms with Gasteiger partial charge in [0.15, 0.2) is 0 Å². The molecule has 0 unspecified atom stereocenters. The van der Waals surface area contributed by atoms with Gasteiger partial charge in [-0.25, -0.2) is 4.98 Å². The minimum Gasteiger partial charge on any atom is -0.492 e. The molecule has 0 saturated heterocycles. The standard InChI is InChI=1S/C11H10F3N3O2/c12-11(13,14)3-4-19-7-1-2-9-16-8(10(15)18)6-17(9)5-7/h1-2,5-6H,3-4H2,(H2,15,18). The van der Waals surface area contributed by atoms with E-state index in [0.29, 0.717) is 5.65 Å². The Balaban J connectivity index is 2.11. The fourth-order valence-electron chi connectivity index (χ4n) is 1.46. The first-order valence-corrected chi connectivity index (χ1v) is 5.33. The van der Waals surface area contributed by atoms with E-state index < -0.39 is 25.1 Å². The number of primary amides is 1. The largest absolute Gasteiger partial charge is 0.492 e. The predicted molar refractivity (Wildman–Crippen MR) is 59.9 cm³/mol. The van der Waals surface area contributed by atoms with Crippen molar-refractivity contribution in [2.75, 3.05) is 6.61 Å². The van der Waals surface area contributed by atoms with Gasteiger partial charge in [0.1, 0.15) is 17.1 Å². The van der Waals surface area contributed by atoms with Gasteiger partial charge in [0, 0.05) is 6.20 Å².